The van der Waals surface area contributed by atoms with E-state index in [1.165, 1.54) is 18.4 Å². The van der Waals surface area contributed by atoms with Crippen LogP contribution in [0, 0.1) is 0 Å². The first kappa shape index (κ1) is 11.7. The minimum Gasteiger partial charge on any atom is -0.312 e. The van der Waals surface area contributed by atoms with Gasteiger partial charge in [-0.3, -0.25) is 4.79 Å². The Morgan fingerprint density at radius 3 is 2.94 bits per heavy atom. The molecule has 1 aromatic carbocycles. The molecule has 0 bridgehead atoms. The van der Waals surface area contributed by atoms with Gasteiger partial charge in [-0.05, 0) is 43.9 Å². The summed E-state index contributed by atoms with van der Waals surface area (Å²) in [5, 5.41) is 3.48. The van der Waals surface area contributed by atoms with Gasteiger partial charge in [-0.15, -0.1) is 0 Å². The second-order valence-electron chi connectivity index (χ2n) is 5.28. The van der Waals surface area contributed by atoms with E-state index in [2.05, 4.69) is 23.5 Å². The zero-order valence-corrected chi connectivity index (χ0v) is 10.7. The molecule has 0 aliphatic carbocycles. The van der Waals surface area contributed by atoms with Gasteiger partial charge in [-0.2, -0.15) is 0 Å². The van der Waals surface area contributed by atoms with Gasteiger partial charge < -0.3 is 10.2 Å². The zero-order valence-electron chi connectivity index (χ0n) is 10.7. The summed E-state index contributed by atoms with van der Waals surface area (Å²) in [7, 11) is 0. The number of fused-ring (bicyclic) bond motifs is 1. The lowest BCUT2D eigenvalue weighted by Crippen LogP contribution is -2.41. The predicted octanol–water partition coefficient (Wildman–Crippen LogP) is 2.11. The van der Waals surface area contributed by atoms with Crippen LogP contribution < -0.4 is 10.2 Å². The Morgan fingerprint density at radius 2 is 2.11 bits per heavy atom. The minimum atomic E-state index is 0.286. The van der Waals surface area contributed by atoms with E-state index in [-0.39, 0.29) is 5.91 Å². The van der Waals surface area contributed by atoms with Crippen LogP contribution in [0.5, 0.6) is 0 Å². The van der Waals surface area contributed by atoms with Crippen molar-refractivity contribution in [1.82, 2.24) is 5.32 Å². The molecule has 1 saturated heterocycles. The number of benzene rings is 1. The highest BCUT2D eigenvalue weighted by molar-refractivity contribution is 5.94. The zero-order chi connectivity index (χ0) is 12.4. The topological polar surface area (TPSA) is 32.3 Å². The van der Waals surface area contributed by atoms with Crippen LogP contribution in [0.15, 0.2) is 24.3 Å². The summed E-state index contributed by atoms with van der Waals surface area (Å²) in [6.07, 6.45) is 5.10. The van der Waals surface area contributed by atoms with Crippen molar-refractivity contribution in [3.05, 3.63) is 29.8 Å². The third kappa shape index (κ3) is 2.27. The van der Waals surface area contributed by atoms with Crippen LogP contribution in [0.3, 0.4) is 0 Å². The molecule has 1 aromatic rings. The number of carbonyl (C=O) groups excluding carboxylic acids is 1. The van der Waals surface area contributed by atoms with E-state index < -0.39 is 0 Å². The largest absolute Gasteiger partial charge is 0.312 e. The van der Waals surface area contributed by atoms with Crippen LogP contribution in [-0.4, -0.2) is 25.0 Å². The fraction of sp³-hybridized carbons (Fsp3) is 0.533. The summed E-state index contributed by atoms with van der Waals surface area (Å²) in [5.41, 5.74) is 2.45. The van der Waals surface area contributed by atoms with Gasteiger partial charge in [0.1, 0.15) is 0 Å². The standard InChI is InChI=1S/C15H20N2O/c18-15-9-3-6-12-5-1-2-8-14(12)17(15)11-13-7-4-10-16-13/h1-2,5,8,13,16H,3-4,6-7,9-11H2/t13-/m1/s1. The number of anilines is 1. The number of hydrogen-bond donors (Lipinski definition) is 1. The average molecular weight is 244 g/mol. The number of rotatable bonds is 2. The molecule has 3 heteroatoms. The molecule has 2 aliphatic rings. The van der Waals surface area contributed by atoms with Gasteiger partial charge in [0.25, 0.3) is 0 Å². The molecule has 3 nitrogen and oxygen atoms in total. The van der Waals surface area contributed by atoms with Crippen LogP contribution in [-0.2, 0) is 11.2 Å². The van der Waals surface area contributed by atoms with E-state index in [4.69, 9.17) is 0 Å². The molecule has 0 unspecified atom stereocenters. The normalized spacial score (nSPS) is 23.9. The first-order valence-corrected chi connectivity index (χ1v) is 6.96. The second-order valence-corrected chi connectivity index (χ2v) is 5.28. The molecule has 3 rings (SSSR count). The first-order chi connectivity index (χ1) is 8.84. The molecule has 1 N–H and O–H groups in total. The van der Waals surface area contributed by atoms with Crippen molar-refractivity contribution in [1.29, 1.82) is 0 Å². The summed E-state index contributed by atoms with van der Waals surface area (Å²) in [6.45, 7) is 1.92. The highest BCUT2D eigenvalue weighted by atomic mass is 16.2. The number of nitrogens with zero attached hydrogens (tertiary/aromatic N) is 1. The van der Waals surface area contributed by atoms with Crippen molar-refractivity contribution < 1.29 is 4.79 Å². The van der Waals surface area contributed by atoms with Crippen molar-refractivity contribution in [2.75, 3.05) is 18.0 Å². The quantitative estimate of drug-likeness (QED) is 0.864. The molecule has 0 aromatic heterocycles. The Bertz CT molecular complexity index is 438. The fourth-order valence-corrected chi connectivity index (χ4v) is 3.02. The van der Waals surface area contributed by atoms with Gasteiger partial charge in [0.05, 0.1) is 0 Å². The molecular weight excluding hydrogens is 224 g/mol. The minimum absolute atomic E-state index is 0.286. The Morgan fingerprint density at radius 1 is 1.22 bits per heavy atom. The third-order valence-electron chi connectivity index (χ3n) is 3.99. The first-order valence-electron chi connectivity index (χ1n) is 6.96. The van der Waals surface area contributed by atoms with Crippen molar-refractivity contribution >= 4 is 11.6 Å². The summed E-state index contributed by atoms with van der Waals surface area (Å²) >= 11 is 0. The van der Waals surface area contributed by atoms with E-state index in [1.54, 1.807) is 0 Å². The highest BCUT2D eigenvalue weighted by Gasteiger charge is 2.25. The van der Waals surface area contributed by atoms with Crippen LogP contribution in [0.2, 0.25) is 0 Å². The van der Waals surface area contributed by atoms with Crippen molar-refractivity contribution in [3.63, 3.8) is 0 Å². The maximum Gasteiger partial charge on any atom is 0.227 e. The highest BCUT2D eigenvalue weighted by Crippen LogP contribution is 2.27. The molecule has 0 spiro atoms. The van der Waals surface area contributed by atoms with E-state index in [9.17, 15) is 4.79 Å². The van der Waals surface area contributed by atoms with E-state index in [0.717, 1.165) is 31.6 Å². The Labute approximate surface area is 108 Å². The lowest BCUT2D eigenvalue weighted by Gasteiger charge is -2.26. The van der Waals surface area contributed by atoms with Gasteiger partial charge in [0.15, 0.2) is 0 Å². The molecule has 1 amide bonds. The van der Waals surface area contributed by atoms with Gasteiger partial charge in [0, 0.05) is 24.7 Å². The SMILES string of the molecule is O=C1CCCc2ccccc2N1C[C@H]1CCCN1. The summed E-state index contributed by atoms with van der Waals surface area (Å²) < 4.78 is 0. The fourth-order valence-electron chi connectivity index (χ4n) is 3.02. The molecule has 1 atom stereocenters. The number of nitrogens with one attached hydrogen (secondary N) is 1. The summed E-state index contributed by atoms with van der Waals surface area (Å²) in [6, 6.07) is 8.82. The molecule has 18 heavy (non-hydrogen) atoms. The number of para-hydroxylation sites is 1. The monoisotopic (exact) mass is 244 g/mol. The molecular formula is C15H20N2O. The molecule has 96 valence electrons. The van der Waals surface area contributed by atoms with Crippen LogP contribution >= 0.6 is 0 Å². The molecule has 0 radical (unpaired) electrons. The molecule has 2 heterocycles. The number of hydrogen-bond acceptors (Lipinski definition) is 2. The van der Waals surface area contributed by atoms with Crippen molar-refractivity contribution in [2.24, 2.45) is 0 Å². The van der Waals surface area contributed by atoms with Crippen molar-refractivity contribution in [2.45, 2.75) is 38.1 Å². The molecule has 1 fully saturated rings. The van der Waals surface area contributed by atoms with Gasteiger partial charge in [-0.1, -0.05) is 18.2 Å². The Kier molecular flexibility index (Phi) is 3.33. The number of carbonyl (C=O) groups is 1. The predicted molar refractivity (Wildman–Crippen MR) is 72.8 cm³/mol. The lowest BCUT2D eigenvalue weighted by atomic mass is 10.1. The second kappa shape index (κ2) is 5.11. The molecule has 2 aliphatic heterocycles. The summed E-state index contributed by atoms with van der Waals surface area (Å²) in [4.78, 5) is 14.3. The van der Waals surface area contributed by atoms with E-state index in [0.29, 0.717) is 12.5 Å². The maximum atomic E-state index is 12.3. The Balaban J connectivity index is 1.87. The number of amides is 1. The number of aryl methyl sites for hydroxylation is 1. The summed E-state index contributed by atoms with van der Waals surface area (Å²) in [5.74, 6) is 0.286. The van der Waals surface area contributed by atoms with Gasteiger partial charge in [-0.25, -0.2) is 0 Å². The van der Waals surface area contributed by atoms with E-state index >= 15 is 0 Å². The smallest absolute Gasteiger partial charge is 0.227 e. The molecule has 0 saturated carbocycles. The lowest BCUT2D eigenvalue weighted by molar-refractivity contribution is -0.118. The maximum absolute atomic E-state index is 12.3. The van der Waals surface area contributed by atoms with Gasteiger partial charge >= 0.3 is 0 Å². The third-order valence-corrected chi connectivity index (χ3v) is 3.99. The van der Waals surface area contributed by atoms with Crippen LogP contribution in [0.25, 0.3) is 0 Å². The van der Waals surface area contributed by atoms with Crippen LogP contribution in [0.1, 0.15) is 31.2 Å². The van der Waals surface area contributed by atoms with Crippen LogP contribution in [0.4, 0.5) is 5.69 Å². The van der Waals surface area contributed by atoms with Crippen molar-refractivity contribution in [3.8, 4) is 0 Å². The Hall–Kier alpha value is -1.35. The average Bonchev–Trinajstić information content (AvgIpc) is 2.84. The van der Waals surface area contributed by atoms with Gasteiger partial charge in [0.2, 0.25) is 5.91 Å². The van der Waals surface area contributed by atoms with E-state index in [1.807, 2.05) is 11.0 Å².